The van der Waals surface area contributed by atoms with Gasteiger partial charge in [0, 0.05) is 24.0 Å². The first-order valence-corrected chi connectivity index (χ1v) is 8.19. The SMILES string of the molecule is Nc1nc(C(=O)N2Cc3ccccc3C2)c2cc(C#CCO)ccc2n1. The van der Waals surface area contributed by atoms with Crippen LogP contribution in [0.25, 0.3) is 10.9 Å². The maximum atomic E-state index is 13.1. The summed E-state index contributed by atoms with van der Waals surface area (Å²) in [5.74, 6) is 5.31. The van der Waals surface area contributed by atoms with Crippen LogP contribution in [0.5, 0.6) is 0 Å². The lowest BCUT2D eigenvalue weighted by Gasteiger charge is -2.16. The topological polar surface area (TPSA) is 92.3 Å². The number of benzene rings is 2. The smallest absolute Gasteiger partial charge is 0.273 e. The predicted octanol–water partition coefficient (Wildman–Crippen LogP) is 1.71. The molecule has 1 aliphatic rings. The molecule has 0 bridgehead atoms. The maximum absolute atomic E-state index is 13.1. The highest BCUT2D eigenvalue weighted by Gasteiger charge is 2.26. The van der Waals surface area contributed by atoms with Crippen LogP contribution >= 0.6 is 0 Å². The molecule has 0 radical (unpaired) electrons. The normalized spacial score (nSPS) is 12.6. The van der Waals surface area contributed by atoms with E-state index in [0.29, 0.717) is 29.6 Å². The van der Waals surface area contributed by atoms with Gasteiger partial charge in [-0.1, -0.05) is 36.1 Å². The van der Waals surface area contributed by atoms with Crippen molar-refractivity contribution in [2.75, 3.05) is 12.3 Å². The number of nitrogen functional groups attached to an aromatic ring is 1. The lowest BCUT2D eigenvalue weighted by atomic mass is 10.1. The summed E-state index contributed by atoms with van der Waals surface area (Å²) in [5.41, 5.74) is 9.63. The first-order valence-electron chi connectivity index (χ1n) is 8.19. The van der Waals surface area contributed by atoms with Crippen molar-refractivity contribution in [2.24, 2.45) is 0 Å². The standard InChI is InChI=1S/C20H16N4O2/c21-20-22-17-8-7-13(4-3-9-25)10-16(17)18(23-20)19(26)24-11-14-5-1-2-6-15(14)12-24/h1-2,5-8,10,25H,9,11-12H2,(H2,21,22,23). The number of carbonyl (C=O) groups is 1. The van der Waals surface area contributed by atoms with Crippen molar-refractivity contribution in [3.05, 3.63) is 64.8 Å². The van der Waals surface area contributed by atoms with Gasteiger partial charge in [0.2, 0.25) is 5.95 Å². The molecule has 0 aliphatic carbocycles. The van der Waals surface area contributed by atoms with Crippen LogP contribution in [0.15, 0.2) is 42.5 Å². The van der Waals surface area contributed by atoms with Gasteiger partial charge in [-0.2, -0.15) is 0 Å². The van der Waals surface area contributed by atoms with Crippen molar-refractivity contribution < 1.29 is 9.90 Å². The summed E-state index contributed by atoms with van der Waals surface area (Å²) >= 11 is 0. The van der Waals surface area contributed by atoms with E-state index in [-0.39, 0.29) is 24.2 Å². The van der Waals surface area contributed by atoms with Gasteiger partial charge in [-0.05, 0) is 29.3 Å². The van der Waals surface area contributed by atoms with E-state index in [0.717, 1.165) is 11.1 Å². The van der Waals surface area contributed by atoms with Gasteiger partial charge in [0.05, 0.1) is 5.52 Å². The van der Waals surface area contributed by atoms with E-state index >= 15 is 0 Å². The van der Waals surface area contributed by atoms with Gasteiger partial charge in [0.1, 0.15) is 12.3 Å². The van der Waals surface area contributed by atoms with Crippen molar-refractivity contribution in [3.8, 4) is 11.8 Å². The number of amides is 1. The Morgan fingerprint density at radius 2 is 1.88 bits per heavy atom. The molecular formula is C20H16N4O2. The zero-order valence-corrected chi connectivity index (χ0v) is 13.9. The number of aliphatic hydroxyl groups excluding tert-OH is 1. The number of hydrogen-bond donors (Lipinski definition) is 2. The summed E-state index contributed by atoms with van der Waals surface area (Å²) < 4.78 is 0. The Morgan fingerprint density at radius 3 is 2.58 bits per heavy atom. The number of aliphatic hydroxyl groups is 1. The van der Waals surface area contributed by atoms with Gasteiger partial charge in [-0.25, -0.2) is 9.97 Å². The second kappa shape index (κ2) is 6.47. The molecule has 0 spiro atoms. The van der Waals surface area contributed by atoms with Gasteiger partial charge < -0.3 is 15.7 Å². The molecule has 0 atom stereocenters. The Labute approximate surface area is 150 Å². The number of carbonyl (C=O) groups excluding carboxylic acids is 1. The number of nitrogens with zero attached hydrogens (tertiary/aromatic N) is 3. The fraction of sp³-hybridized carbons (Fsp3) is 0.150. The monoisotopic (exact) mass is 344 g/mol. The lowest BCUT2D eigenvalue weighted by molar-refractivity contribution is 0.0747. The van der Waals surface area contributed by atoms with Gasteiger partial charge >= 0.3 is 0 Å². The molecule has 0 saturated heterocycles. The molecule has 2 aromatic carbocycles. The molecule has 1 aromatic heterocycles. The summed E-state index contributed by atoms with van der Waals surface area (Å²) in [6.45, 7) is 0.864. The predicted molar refractivity (Wildman–Crippen MR) is 97.9 cm³/mol. The third-order valence-corrected chi connectivity index (χ3v) is 4.36. The molecular weight excluding hydrogens is 328 g/mol. The molecule has 2 heterocycles. The first kappa shape index (κ1) is 16.1. The Balaban J connectivity index is 1.76. The number of fused-ring (bicyclic) bond motifs is 2. The van der Waals surface area contributed by atoms with Crippen LogP contribution in [0, 0.1) is 11.8 Å². The molecule has 1 amide bonds. The van der Waals surface area contributed by atoms with E-state index in [2.05, 4.69) is 21.8 Å². The van der Waals surface area contributed by atoms with E-state index in [9.17, 15) is 4.79 Å². The van der Waals surface area contributed by atoms with E-state index in [1.54, 1.807) is 23.1 Å². The minimum Gasteiger partial charge on any atom is -0.384 e. The Hall–Kier alpha value is -3.43. The fourth-order valence-electron chi connectivity index (χ4n) is 3.16. The minimum absolute atomic E-state index is 0.0618. The second-order valence-electron chi connectivity index (χ2n) is 6.05. The number of aromatic nitrogens is 2. The number of rotatable bonds is 1. The Morgan fingerprint density at radius 1 is 1.15 bits per heavy atom. The van der Waals surface area contributed by atoms with Gasteiger partial charge in [-0.3, -0.25) is 4.79 Å². The first-order chi connectivity index (χ1) is 12.7. The summed E-state index contributed by atoms with van der Waals surface area (Å²) in [7, 11) is 0. The Bertz CT molecular complexity index is 1060. The summed E-state index contributed by atoms with van der Waals surface area (Å²) in [4.78, 5) is 23.3. The van der Waals surface area contributed by atoms with E-state index in [1.807, 2.05) is 24.3 Å². The molecule has 6 nitrogen and oxygen atoms in total. The van der Waals surface area contributed by atoms with Crippen molar-refractivity contribution >= 4 is 22.8 Å². The van der Waals surface area contributed by atoms with Gasteiger partial charge in [-0.15, -0.1) is 0 Å². The maximum Gasteiger partial charge on any atom is 0.273 e. The van der Waals surface area contributed by atoms with E-state index in [1.165, 1.54) is 0 Å². The Kier molecular flexibility index (Phi) is 3.99. The minimum atomic E-state index is -0.228. The third kappa shape index (κ3) is 2.85. The zero-order chi connectivity index (χ0) is 18.1. The summed E-state index contributed by atoms with van der Waals surface area (Å²) in [6, 6.07) is 13.3. The molecule has 1 aliphatic heterocycles. The van der Waals surface area contributed by atoms with Gasteiger partial charge in [0.15, 0.2) is 0 Å². The quantitative estimate of drug-likeness (QED) is 0.656. The summed E-state index contributed by atoms with van der Waals surface area (Å²) in [5, 5.41) is 9.48. The van der Waals surface area contributed by atoms with E-state index < -0.39 is 0 Å². The van der Waals surface area contributed by atoms with Crippen LogP contribution < -0.4 is 5.73 Å². The summed E-state index contributed by atoms with van der Waals surface area (Å²) in [6.07, 6.45) is 0. The van der Waals surface area contributed by atoms with Crippen LogP contribution in [-0.4, -0.2) is 32.5 Å². The van der Waals surface area contributed by atoms with Crippen molar-refractivity contribution in [2.45, 2.75) is 13.1 Å². The molecule has 0 saturated carbocycles. The molecule has 4 rings (SSSR count). The molecule has 0 unspecified atom stereocenters. The average Bonchev–Trinajstić information content (AvgIpc) is 3.09. The number of anilines is 1. The lowest BCUT2D eigenvalue weighted by Crippen LogP contribution is -2.27. The van der Waals surface area contributed by atoms with Crippen molar-refractivity contribution in [1.29, 1.82) is 0 Å². The third-order valence-electron chi connectivity index (χ3n) is 4.36. The molecule has 3 N–H and O–H groups in total. The van der Waals surface area contributed by atoms with Gasteiger partial charge in [0.25, 0.3) is 5.91 Å². The molecule has 0 fully saturated rings. The molecule has 6 heteroatoms. The molecule has 3 aromatic rings. The van der Waals surface area contributed by atoms with Crippen LogP contribution in [-0.2, 0) is 13.1 Å². The second-order valence-corrected chi connectivity index (χ2v) is 6.05. The number of nitrogens with two attached hydrogens (primary N) is 1. The van der Waals surface area contributed by atoms with Crippen LogP contribution in [0.3, 0.4) is 0 Å². The van der Waals surface area contributed by atoms with Crippen LogP contribution in [0.2, 0.25) is 0 Å². The number of hydrogen-bond acceptors (Lipinski definition) is 5. The highest BCUT2D eigenvalue weighted by molar-refractivity contribution is 6.05. The average molecular weight is 344 g/mol. The van der Waals surface area contributed by atoms with E-state index in [4.69, 9.17) is 10.8 Å². The zero-order valence-electron chi connectivity index (χ0n) is 13.9. The van der Waals surface area contributed by atoms with Crippen molar-refractivity contribution in [3.63, 3.8) is 0 Å². The largest absolute Gasteiger partial charge is 0.384 e. The van der Waals surface area contributed by atoms with Crippen molar-refractivity contribution in [1.82, 2.24) is 14.9 Å². The highest BCUT2D eigenvalue weighted by atomic mass is 16.2. The highest BCUT2D eigenvalue weighted by Crippen LogP contribution is 2.26. The van der Waals surface area contributed by atoms with Crippen LogP contribution in [0.4, 0.5) is 5.95 Å². The van der Waals surface area contributed by atoms with Crippen LogP contribution in [0.1, 0.15) is 27.2 Å². The molecule has 26 heavy (non-hydrogen) atoms. The fourth-order valence-corrected chi connectivity index (χ4v) is 3.16. The molecule has 128 valence electrons.